The van der Waals surface area contributed by atoms with E-state index in [4.69, 9.17) is 15.0 Å². The summed E-state index contributed by atoms with van der Waals surface area (Å²) in [5.74, 6) is 2.30. The van der Waals surface area contributed by atoms with Crippen molar-refractivity contribution in [3.63, 3.8) is 0 Å². The average Bonchev–Trinajstić information content (AvgIpc) is 3.50. The van der Waals surface area contributed by atoms with Crippen LogP contribution in [0.3, 0.4) is 0 Å². The zero-order valence-corrected chi connectivity index (χ0v) is 22.0. The van der Waals surface area contributed by atoms with Crippen molar-refractivity contribution in [1.82, 2.24) is 9.88 Å². The number of anilines is 1. The summed E-state index contributed by atoms with van der Waals surface area (Å²) in [6, 6.07) is 13.8. The molecular weight excluding hydrogens is 468 g/mol. The van der Waals surface area contributed by atoms with Crippen molar-refractivity contribution in [2.45, 2.75) is 39.7 Å². The Morgan fingerprint density at radius 1 is 1.19 bits per heavy atom. The molecule has 7 heteroatoms. The number of hydrogen-bond donors (Lipinski definition) is 0. The molecule has 36 heavy (non-hydrogen) atoms. The number of nitrogens with zero attached hydrogens (tertiary/aromatic N) is 4. The van der Waals surface area contributed by atoms with Crippen molar-refractivity contribution in [1.29, 1.82) is 5.26 Å². The minimum atomic E-state index is -0.158. The summed E-state index contributed by atoms with van der Waals surface area (Å²) < 4.78 is 6.31. The standard InChI is InChI=1S/C29H32N4O2S/c1-19-4-9-27(35-17-24-8-7-23(13-20(24)2)28(34)32(3)11-10-30)25(12-19)26-18-36-29(31-26)33-15-21-5-6-22(14-21)16-33/h4,7-9,12-13,18,21-22H,5-6,11,14-17H2,1-3H3/t21-,22+. The minimum Gasteiger partial charge on any atom is -0.488 e. The molecule has 0 unspecified atom stereocenters. The van der Waals surface area contributed by atoms with Gasteiger partial charge in [0.2, 0.25) is 0 Å². The van der Waals surface area contributed by atoms with Gasteiger partial charge in [0, 0.05) is 36.6 Å². The Hall–Kier alpha value is -3.37. The van der Waals surface area contributed by atoms with E-state index in [1.54, 1.807) is 24.5 Å². The lowest BCUT2D eigenvalue weighted by Crippen LogP contribution is -2.36. The second-order valence-electron chi connectivity index (χ2n) is 10.2. The third kappa shape index (κ3) is 5.10. The minimum absolute atomic E-state index is 0.0657. The summed E-state index contributed by atoms with van der Waals surface area (Å²) in [5.41, 5.74) is 5.72. The lowest BCUT2D eigenvalue weighted by molar-refractivity contribution is 0.0812. The Morgan fingerprint density at radius 2 is 1.97 bits per heavy atom. The molecule has 5 rings (SSSR count). The molecule has 186 valence electrons. The van der Waals surface area contributed by atoms with Crippen molar-refractivity contribution in [2.24, 2.45) is 11.8 Å². The molecule has 1 aliphatic heterocycles. The van der Waals surface area contributed by atoms with E-state index in [-0.39, 0.29) is 12.5 Å². The van der Waals surface area contributed by atoms with Crippen LogP contribution in [0.15, 0.2) is 41.8 Å². The Bertz CT molecular complexity index is 1300. The largest absolute Gasteiger partial charge is 0.488 e. The molecule has 6 nitrogen and oxygen atoms in total. The van der Waals surface area contributed by atoms with Gasteiger partial charge in [0.05, 0.1) is 11.8 Å². The molecule has 1 saturated carbocycles. The molecule has 1 aromatic heterocycles. The van der Waals surface area contributed by atoms with E-state index in [1.807, 2.05) is 31.2 Å². The highest BCUT2D eigenvalue weighted by Gasteiger charge is 2.34. The number of amides is 1. The number of aromatic nitrogens is 1. The first-order valence-electron chi connectivity index (χ1n) is 12.6. The van der Waals surface area contributed by atoms with Crippen molar-refractivity contribution < 1.29 is 9.53 Å². The second kappa shape index (κ2) is 10.3. The van der Waals surface area contributed by atoms with Gasteiger partial charge < -0.3 is 14.5 Å². The third-order valence-corrected chi connectivity index (χ3v) is 8.31. The topological polar surface area (TPSA) is 69.5 Å². The molecule has 3 aromatic rings. The number of fused-ring (bicyclic) bond motifs is 2. The molecule has 2 heterocycles. The maximum atomic E-state index is 12.5. The molecule has 2 atom stereocenters. The van der Waals surface area contributed by atoms with Crippen LogP contribution in [0.2, 0.25) is 0 Å². The Morgan fingerprint density at radius 3 is 2.69 bits per heavy atom. The fraction of sp³-hybridized carbons (Fsp3) is 0.414. The second-order valence-corrected chi connectivity index (χ2v) is 11.1. The van der Waals surface area contributed by atoms with Crippen LogP contribution in [0.4, 0.5) is 5.13 Å². The number of thiazole rings is 1. The van der Waals surface area contributed by atoms with Crippen molar-refractivity contribution in [2.75, 3.05) is 31.6 Å². The molecule has 2 aliphatic rings. The molecular formula is C29H32N4O2S. The number of rotatable bonds is 7. The van der Waals surface area contributed by atoms with Gasteiger partial charge in [-0.05, 0) is 80.3 Å². The van der Waals surface area contributed by atoms with E-state index in [1.165, 1.54) is 29.7 Å². The molecule has 0 spiro atoms. The average molecular weight is 501 g/mol. The molecule has 1 aliphatic carbocycles. The molecule has 0 radical (unpaired) electrons. The first-order chi connectivity index (χ1) is 17.4. The number of carbonyl (C=O) groups is 1. The highest BCUT2D eigenvalue weighted by molar-refractivity contribution is 7.14. The number of hydrogen-bond acceptors (Lipinski definition) is 6. The lowest BCUT2D eigenvalue weighted by atomic mass is 9.99. The zero-order chi connectivity index (χ0) is 25.2. The summed E-state index contributed by atoms with van der Waals surface area (Å²) in [6.07, 6.45) is 4.11. The Labute approximate surface area is 217 Å². The van der Waals surface area contributed by atoms with Crippen molar-refractivity contribution in [3.8, 4) is 23.1 Å². The smallest absolute Gasteiger partial charge is 0.254 e. The molecule has 2 fully saturated rings. The number of aryl methyl sites for hydroxylation is 2. The summed E-state index contributed by atoms with van der Waals surface area (Å²) in [6.45, 7) is 6.79. The first kappa shape index (κ1) is 24.3. The summed E-state index contributed by atoms with van der Waals surface area (Å²) in [5, 5.41) is 12.1. The monoisotopic (exact) mass is 500 g/mol. The van der Waals surface area contributed by atoms with Gasteiger partial charge in [-0.1, -0.05) is 17.7 Å². The van der Waals surface area contributed by atoms with E-state index in [0.717, 1.165) is 58.2 Å². The highest BCUT2D eigenvalue weighted by atomic mass is 32.1. The predicted octanol–water partition coefficient (Wildman–Crippen LogP) is 5.84. The molecule has 2 bridgehead atoms. The highest BCUT2D eigenvalue weighted by Crippen LogP contribution is 2.40. The van der Waals surface area contributed by atoms with Crippen molar-refractivity contribution >= 4 is 22.4 Å². The maximum absolute atomic E-state index is 12.5. The SMILES string of the molecule is Cc1ccc(OCc2ccc(C(=O)N(C)CC#N)cc2C)c(-c2csc(N3C[C@@H]4CC[C@@H](C4)C3)n2)c1. The number of ether oxygens (including phenoxy) is 1. The number of carbonyl (C=O) groups excluding carboxylic acids is 1. The number of nitriles is 1. The van der Waals surface area contributed by atoms with Crippen molar-refractivity contribution in [3.05, 3.63) is 64.0 Å². The summed E-state index contributed by atoms with van der Waals surface area (Å²) in [7, 11) is 1.64. The van der Waals surface area contributed by atoms with Gasteiger partial charge in [0.1, 0.15) is 18.9 Å². The Balaban J connectivity index is 1.32. The quantitative estimate of drug-likeness (QED) is 0.381. The lowest BCUT2D eigenvalue weighted by Gasteiger charge is -2.31. The normalized spacial score (nSPS) is 18.7. The molecule has 1 amide bonds. The van der Waals surface area contributed by atoms with Gasteiger partial charge in [-0.15, -0.1) is 11.3 Å². The fourth-order valence-electron chi connectivity index (χ4n) is 5.41. The molecule has 1 saturated heterocycles. The third-order valence-electron chi connectivity index (χ3n) is 7.41. The van der Waals surface area contributed by atoms with E-state index in [9.17, 15) is 4.79 Å². The van der Waals surface area contributed by atoms with Crippen LogP contribution < -0.4 is 9.64 Å². The van der Waals surface area contributed by atoms with E-state index in [2.05, 4.69) is 29.3 Å². The van der Waals surface area contributed by atoms with E-state index < -0.39 is 0 Å². The van der Waals surface area contributed by atoms with Crippen LogP contribution in [0.5, 0.6) is 5.75 Å². The molecule has 2 aromatic carbocycles. The fourth-order valence-corrected chi connectivity index (χ4v) is 6.26. The predicted molar refractivity (Wildman–Crippen MR) is 143 cm³/mol. The molecule has 0 N–H and O–H groups in total. The van der Waals surface area contributed by atoms with Crippen LogP contribution in [-0.4, -0.2) is 42.5 Å². The van der Waals surface area contributed by atoms with Gasteiger partial charge in [0.15, 0.2) is 5.13 Å². The van der Waals surface area contributed by atoms with Crippen LogP contribution in [-0.2, 0) is 6.61 Å². The van der Waals surface area contributed by atoms with Gasteiger partial charge in [-0.2, -0.15) is 5.26 Å². The van der Waals surface area contributed by atoms with Crippen LogP contribution >= 0.6 is 11.3 Å². The summed E-state index contributed by atoms with van der Waals surface area (Å²) >= 11 is 1.73. The maximum Gasteiger partial charge on any atom is 0.254 e. The van der Waals surface area contributed by atoms with Gasteiger partial charge in [0.25, 0.3) is 5.91 Å². The first-order valence-corrected chi connectivity index (χ1v) is 13.5. The number of benzene rings is 2. The summed E-state index contributed by atoms with van der Waals surface area (Å²) in [4.78, 5) is 21.4. The van der Waals surface area contributed by atoms with Crippen LogP contribution in [0.25, 0.3) is 11.3 Å². The van der Waals surface area contributed by atoms with Crippen LogP contribution in [0, 0.1) is 37.0 Å². The van der Waals surface area contributed by atoms with E-state index in [0.29, 0.717) is 12.2 Å². The van der Waals surface area contributed by atoms with Gasteiger partial charge in [-0.3, -0.25) is 4.79 Å². The van der Waals surface area contributed by atoms with Crippen LogP contribution in [0.1, 0.15) is 46.3 Å². The Kier molecular flexibility index (Phi) is 6.97. The van der Waals surface area contributed by atoms with Gasteiger partial charge in [-0.25, -0.2) is 4.98 Å². The zero-order valence-electron chi connectivity index (χ0n) is 21.2. The van der Waals surface area contributed by atoms with E-state index >= 15 is 0 Å². The van der Waals surface area contributed by atoms with Gasteiger partial charge >= 0.3 is 0 Å². The number of piperidine rings is 1.